The molecule has 0 aromatic rings. The summed E-state index contributed by atoms with van der Waals surface area (Å²) in [5.74, 6) is 0.934. The van der Waals surface area contributed by atoms with Crippen LogP contribution >= 0.6 is 0 Å². The molecule has 0 aromatic carbocycles. The van der Waals surface area contributed by atoms with Crippen molar-refractivity contribution in [2.45, 2.75) is 177 Å². The highest BCUT2D eigenvalue weighted by atomic mass is 16.7. The summed E-state index contributed by atoms with van der Waals surface area (Å²) in [5.41, 5.74) is 0.107. The van der Waals surface area contributed by atoms with Crippen molar-refractivity contribution in [2.24, 2.45) is 40.4 Å². The van der Waals surface area contributed by atoms with Gasteiger partial charge in [0, 0.05) is 30.1 Å². The average molecular weight is 739 g/mol. The molecule has 1 spiro atoms. The number of fused-ring (bicyclic) bond motifs is 7. The summed E-state index contributed by atoms with van der Waals surface area (Å²) in [6, 6.07) is 0. The normalized spacial score (nSPS) is 58.9. The summed E-state index contributed by atoms with van der Waals surface area (Å²) >= 11 is 0. The van der Waals surface area contributed by atoms with Gasteiger partial charge in [-0.05, 0) is 75.0 Å². The van der Waals surface area contributed by atoms with Crippen molar-refractivity contribution < 1.29 is 64.2 Å². The molecule has 0 bridgehead atoms. The van der Waals surface area contributed by atoms with Crippen molar-refractivity contribution in [3.05, 3.63) is 11.6 Å². The van der Waals surface area contributed by atoms with Crippen LogP contribution in [0.3, 0.4) is 0 Å². The van der Waals surface area contributed by atoms with E-state index in [1.165, 1.54) is 12.5 Å². The fourth-order valence-corrected chi connectivity index (χ4v) is 12.5. The van der Waals surface area contributed by atoms with Crippen molar-refractivity contribution in [1.29, 1.82) is 0 Å². The van der Waals surface area contributed by atoms with Gasteiger partial charge in [0.2, 0.25) is 0 Å². The molecule has 21 unspecified atom stereocenters. The van der Waals surface area contributed by atoms with Gasteiger partial charge in [-0.1, -0.05) is 39.3 Å². The smallest absolute Gasteiger partial charge is 0.187 e. The van der Waals surface area contributed by atoms with Crippen molar-refractivity contribution in [1.82, 2.24) is 0 Å². The zero-order valence-corrected chi connectivity index (χ0v) is 31.3. The maximum Gasteiger partial charge on any atom is 0.187 e. The van der Waals surface area contributed by atoms with Crippen LogP contribution in [0.5, 0.6) is 0 Å². The molecule has 13 nitrogen and oxygen atoms in total. The zero-order valence-electron chi connectivity index (χ0n) is 31.3. The first-order valence-corrected chi connectivity index (χ1v) is 19.9. The van der Waals surface area contributed by atoms with Gasteiger partial charge in [-0.2, -0.15) is 0 Å². The second-order valence-electron chi connectivity index (χ2n) is 18.4. The molecule has 21 atom stereocenters. The lowest BCUT2D eigenvalue weighted by molar-refractivity contribution is -0.360. The summed E-state index contributed by atoms with van der Waals surface area (Å²) in [6.45, 7) is 10.9. The number of ether oxygens (including phenoxy) is 6. The molecule has 13 heteroatoms. The topological polar surface area (TPSA) is 197 Å². The lowest BCUT2D eigenvalue weighted by atomic mass is 9.45. The Morgan fingerprint density at radius 3 is 2.27 bits per heavy atom. The van der Waals surface area contributed by atoms with E-state index in [0.717, 1.165) is 45.1 Å². The largest absolute Gasteiger partial charge is 0.394 e. The Balaban J connectivity index is 0.932. The number of aliphatic hydroxyl groups excluding tert-OH is 6. The lowest BCUT2D eigenvalue weighted by Gasteiger charge is -2.62. The van der Waals surface area contributed by atoms with Gasteiger partial charge in [-0.25, -0.2) is 0 Å². The predicted octanol–water partition coefficient (Wildman–Crippen LogP) is 1.50. The first-order chi connectivity index (χ1) is 24.6. The third-order valence-corrected chi connectivity index (χ3v) is 15.7. The molecule has 4 heterocycles. The van der Waals surface area contributed by atoms with Crippen molar-refractivity contribution >= 4 is 0 Å². The van der Waals surface area contributed by atoms with Crippen molar-refractivity contribution in [3.63, 3.8) is 0 Å². The minimum atomic E-state index is -1.63. The van der Waals surface area contributed by atoms with E-state index in [9.17, 15) is 35.7 Å². The monoisotopic (exact) mass is 738 g/mol. The van der Waals surface area contributed by atoms with Gasteiger partial charge in [0.25, 0.3) is 0 Å². The van der Waals surface area contributed by atoms with E-state index < -0.39 is 79.4 Å². The first kappa shape index (κ1) is 38.1. The maximum absolute atomic E-state index is 12.9. The highest BCUT2D eigenvalue weighted by molar-refractivity contribution is 5.29. The molecule has 8 rings (SSSR count). The Morgan fingerprint density at radius 2 is 1.56 bits per heavy atom. The van der Waals surface area contributed by atoms with E-state index in [1.54, 1.807) is 0 Å². The minimum Gasteiger partial charge on any atom is -0.394 e. The Hall–Kier alpha value is -0.780. The maximum atomic E-state index is 12.9. The number of hydrogen-bond donors (Lipinski definition) is 7. The number of rotatable bonds is 5. The molecular formula is C39H62O13. The molecular weight excluding hydrogens is 676 g/mol. The van der Waals surface area contributed by atoms with Gasteiger partial charge in [0.1, 0.15) is 42.7 Å². The molecule has 4 saturated heterocycles. The quantitative estimate of drug-likeness (QED) is 0.201. The number of allylic oxidation sites excluding steroid dienone is 1. The van der Waals surface area contributed by atoms with Crippen LogP contribution < -0.4 is 0 Å². The summed E-state index contributed by atoms with van der Waals surface area (Å²) in [7, 11) is 0. The van der Waals surface area contributed by atoms with E-state index in [2.05, 4.69) is 33.8 Å². The van der Waals surface area contributed by atoms with Gasteiger partial charge >= 0.3 is 0 Å². The van der Waals surface area contributed by atoms with Gasteiger partial charge in [0.05, 0.1) is 37.1 Å². The van der Waals surface area contributed by atoms with Gasteiger partial charge < -0.3 is 64.2 Å². The van der Waals surface area contributed by atoms with Crippen LogP contribution in [0.4, 0.5) is 0 Å². The van der Waals surface area contributed by atoms with Gasteiger partial charge in [-0.3, -0.25) is 0 Å². The fraction of sp³-hybridized carbons (Fsp3) is 0.949. The second kappa shape index (κ2) is 13.4. The third kappa shape index (κ3) is 5.58. The zero-order chi connectivity index (χ0) is 37.1. The molecule has 7 N–H and O–H groups in total. The Labute approximate surface area is 306 Å². The molecule has 296 valence electrons. The molecule has 0 radical (unpaired) electrons. The minimum absolute atomic E-state index is 0.00666. The van der Waals surface area contributed by atoms with Crippen LogP contribution in [0.25, 0.3) is 0 Å². The lowest BCUT2D eigenvalue weighted by Crippen LogP contribution is -2.64. The summed E-state index contributed by atoms with van der Waals surface area (Å²) in [5, 5.41) is 76.0. The molecule has 4 aliphatic carbocycles. The summed E-state index contributed by atoms with van der Waals surface area (Å²) in [6.07, 6.45) is -3.95. The fourth-order valence-electron chi connectivity index (χ4n) is 12.5. The van der Waals surface area contributed by atoms with Gasteiger partial charge in [-0.15, -0.1) is 0 Å². The molecule has 3 saturated carbocycles. The van der Waals surface area contributed by atoms with E-state index in [-0.39, 0.29) is 40.8 Å². The van der Waals surface area contributed by atoms with Crippen LogP contribution in [-0.4, -0.2) is 134 Å². The molecule has 52 heavy (non-hydrogen) atoms. The van der Waals surface area contributed by atoms with Crippen LogP contribution in [0.1, 0.15) is 92.4 Å². The highest BCUT2D eigenvalue weighted by Gasteiger charge is 2.74. The van der Waals surface area contributed by atoms with E-state index >= 15 is 0 Å². The molecule has 0 amide bonds. The Bertz CT molecular complexity index is 1350. The van der Waals surface area contributed by atoms with Crippen molar-refractivity contribution in [3.8, 4) is 0 Å². The van der Waals surface area contributed by atoms with Gasteiger partial charge in [0.15, 0.2) is 18.4 Å². The summed E-state index contributed by atoms with van der Waals surface area (Å²) < 4.78 is 36.9. The van der Waals surface area contributed by atoms with Crippen LogP contribution in [0.15, 0.2) is 11.6 Å². The van der Waals surface area contributed by atoms with Crippen LogP contribution in [0.2, 0.25) is 0 Å². The Morgan fingerprint density at radius 1 is 0.827 bits per heavy atom. The van der Waals surface area contributed by atoms with Crippen LogP contribution in [-0.2, 0) is 28.4 Å². The highest BCUT2D eigenvalue weighted by Crippen LogP contribution is 2.72. The van der Waals surface area contributed by atoms with Crippen molar-refractivity contribution in [2.75, 3.05) is 13.2 Å². The third-order valence-electron chi connectivity index (χ3n) is 15.7. The van der Waals surface area contributed by atoms with E-state index in [4.69, 9.17) is 28.4 Å². The molecule has 4 aliphatic heterocycles. The number of hydrogen-bond acceptors (Lipinski definition) is 13. The Kier molecular flexibility index (Phi) is 9.83. The standard InChI is InChI=1S/C39H62O13/c1-18-8-13-39(47-17-18)19(2)27-25(52-39)15-38(46)24-7-6-21-14-22(9-11-36(21,4)23(24)10-12-37(27,38)5)49-35-32(45)30(43)33(26(16-40)50-35)51-34-31(44)29(42)28(41)20(3)48-34/h6,18-20,22-35,40-46H,7-17H2,1-5H3. The van der Waals surface area contributed by atoms with Crippen LogP contribution in [0, 0.1) is 40.4 Å². The van der Waals surface area contributed by atoms with E-state index in [1.807, 2.05) is 0 Å². The first-order valence-electron chi connectivity index (χ1n) is 19.9. The predicted molar refractivity (Wildman–Crippen MR) is 183 cm³/mol. The molecule has 7 fully saturated rings. The average Bonchev–Trinajstić information content (AvgIpc) is 3.51. The SMILES string of the molecule is CC1CCC2(OC1)OC1CC3(O)C4CC=C5CC(OC6OC(CO)C(OC7OC(C)C(O)C(O)C7O)C(O)C6O)CCC5(C)C4CCC3(C)C1C2C. The molecule has 8 aliphatic rings. The molecule has 0 aromatic heterocycles. The number of aliphatic hydroxyl groups is 7. The van der Waals surface area contributed by atoms with E-state index in [0.29, 0.717) is 31.1 Å². The summed E-state index contributed by atoms with van der Waals surface area (Å²) in [4.78, 5) is 0. The second-order valence-corrected chi connectivity index (χ2v) is 18.4.